The zero-order valence-electron chi connectivity index (χ0n) is 12.2. The number of nitrogens with zero attached hydrogens (tertiary/aromatic N) is 1. The van der Waals surface area contributed by atoms with Crippen molar-refractivity contribution in [3.8, 4) is 5.75 Å². The van der Waals surface area contributed by atoms with E-state index in [1.807, 2.05) is 24.3 Å². The van der Waals surface area contributed by atoms with E-state index in [-0.39, 0.29) is 5.91 Å². The second kappa shape index (κ2) is 6.30. The van der Waals surface area contributed by atoms with Crippen molar-refractivity contribution in [3.05, 3.63) is 59.7 Å². The van der Waals surface area contributed by atoms with Gasteiger partial charge in [0.05, 0.1) is 24.9 Å². The van der Waals surface area contributed by atoms with Crippen LogP contribution in [0.2, 0.25) is 0 Å². The van der Waals surface area contributed by atoms with E-state index in [0.717, 1.165) is 5.56 Å². The zero-order valence-corrected chi connectivity index (χ0v) is 12.2. The molecular weight excluding hydrogens is 280 g/mol. The van der Waals surface area contributed by atoms with Crippen molar-refractivity contribution in [2.24, 2.45) is 4.99 Å². The lowest BCUT2D eigenvalue weighted by molar-refractivity contribution is 0.102. The van der Waals surface area contributed by atoms with Crippen LogP contribution in [-0.4, -0.2) is 32.1 Å². The van der Waals surface area contributed by atoms with Crippen LogP contribution in [0.4, 0.5) is 5.69 Å². The van der Waals surface area contributed by atoms with E-state index in [1.165, 1.54) is 0 Å². The van der Waals surface area contributed by atoms with Gasteiger partial charge in [0.25, 0.3) is 5.91 Å². The Morgan fingerprint density at radius 1 is 1.23 bits per heavy atom. The Labute approximate surface area is 128 Å². The first-order chi connectivity index (χ1) is 10.8. The smallest absolute Gasteiger partial charge is 0.255 e. The molecule has 0 radical (unpaired) electrons. The molecule has 2 aromatic rings. The van der Waals surface area contributed by atoms with Crippen molar-refractivity contribution in [1.29, 1.82) is 0 Å². The first-order valence-electron chi connectivity index (χ1n) is 7.00. The third-order valence-electron chi connectivity index (χ3n) is 3.32. The lowest BCUT2D eigenvalue weighted by Gasteiger charge is -2.11. The highest BCUT2D eigenvalue weighted by molar-refractivity contribution is 6.09. The Morgan fingerprint density at radius 2 is 2.09 bits per heavy atom. The monoisotopic (exact) mass is 296 g/mol. The summed E-state index contributed by atoms with van der Waals surface area (Å²) in [5.74, 6) is 1.01. The number of carbonyl (C=O) groups excluding carboxylic acids is 1. The number of nitrogens with one attached hydrogen (secondary N) is 1. The molecule has 0 unspecified atom stereocenters. The Bertz CT molecular complexity index is 725. The molecule has 1 heterocycles. The molecule has 3 rings (SSSR count). The fourth-order valence-corrected chi connectivity index (χ4v) is 2.24. The Morgan fingerprint density at radius 3 is 2.86 bits per heavy atom. The minimum atomic E-state index is -0.204. The highest BCUT2D eigenvalue weighted by Gasteiger charge is 2.16. The van der Waals surface area contributed by atoms with E-state index >= 15 is 0 Å². The molecule has 1 aliphatic heterocycles. The highest BCUT2D eigenvalue weighted by atomic mass is 16.5. The second-order valence-corrected chi connectivity index (χ2v) is 4.77. The van der Waals surface area contributed by atoms with Gasteiger partial charge in [0.15, 0.2) is 0 Å². The molecule has 1 N–H and O–H groups in total. The minimum Gasteiger partial charge on any atom is -0.497 e. The summed E-state index contributed by atoms with van der Waals surface area (Å²) >= 11 is 0. The lowest BCUT2D eigenvalue weighted by Crippen LogP contribution is -2.15. The molecular formula is C17H16N2O3. The van der Waals surface area contributed by atoms with Gasteiger partial charge in [-0.15, -0.1) is 0 Å². The number of rotatable bonds is 4. The third kappa shape index (κ3) is 2.93. The Balaban J connectivity index is 1.85. The van der Waals surface area contributed by atoms with Crippen LogP contribution in [-0.2, 0) is 4.74 Å². The Kier molecular flexibility index (Phi) is 4.05. The van der Waals surface area contributed by atoms with Gasteiger partial charge in [0.2, 0.25) is 5.90 Å². The quantitative estimate of drug-likeness (QED) is 0.943. The number of benzene rings is 2. The van der Waals surface area contributed by atoms with Crippen LogP contribution in [0.5, 0.6) is 5.75 Å². The molecule has 5 heteroatoms. The zero-order chi connectivity index (χ0) is 15.4. The number of ether oxygens (including phenoxy) is 2. The van der Waals surface area contributed by atoms with Gasteiger partial charge in [0.1, 0.15) is 12.4 Å². The molecule has 0 fully saturated rings. The van der Waals surface area contributed by atoms with Gasteiger partial charge in [-0.3, -0.25) is 4.79 Å². The molecule has 0 bridgehead atoms. The van der Waals surface area contributed by atoms with Crippen LogP contribution < -0.4 is 10.1 Å². The highest BCUT2D eigenvalue weighted by Crippen LogP contribution is 2.20. The summed E-state index contributed by atoms with van der Waals surface area (Å²) < 4.78 is 10.6. The van der Waals surface area contributed by atoms with Gasteiger partial charge in [-0.1, -0.05) is 18.2 Å². The number of hydrogen-bond acceptors (Lipinski definition) is 4. The van der Waals surface area contributed by atoms with Crippen molar-refractivity contribution >= 4 is 17.5 Å². The van der Waals surface area contributed by atoms with Crippen molar-refractivity contribution in [2.45, 2.75) is 0 Å². The molecule has 0 aliphatic carbocycles. The van der Waals surface area contributed by atoms with Crippen LogP contribution in [0.1, 0.15) is 15.9 Å². The summed E-state index contributed by atoms with van der Waals surface area (Å²) in [6.07, 6.45) is 0. The molecule has 1 amide bonds. The van der Waals surface area contributed by atoms with E-state index in [2.05, 4.69) is 10.3 Å². The van der Waals surface area contributed by atoms with E-state index < -0.39 is 0 Å². The first kappa shape index (κ1) is 14.1. The summed E-state index contributed by atoms with van der Waals surface area (Å²) in [6.45, 7) is 1.22. The maximum Gasteiger partial charge on any atom is 0.255 e. The SMILES string of the molecule is COc1cccc(C(=O)Nc2ccccc2C2=NCCO2)c1. The number of carbonyl (C=O) groups is 1. The molecule has 0 spiro atoms. The van der Waals surface area contributed by atoms with Crippen LogP contribution in [0, 0.1) is 0 Å². The van der Waals surface area contributed by atoms with Crippen molar-refractivity contribution in [1.82, 2.24) is 0 Å². The van der Waals surface area contributed by atoms with E-state index in [1.54, 1.807) is 31.4 Å². The lowest BCUT2D eigenvalue weighted by atomic mass is 10.1. The molecule has 5 nitrogen and oxygen atoms in total. The van der Waals surface area contributed by atoms with Crippen LogP contribution in [0.15, 0.2) is 53.5 Å². The standard InChI is InChI=1S/C17H16N2O3/c1-21-13-6-4-5-12(11-13)16(20)19-15-8-3-2-7-14(15)17-18-9-10-22-17/h2-8,11H,9-10H2,1H3,(H,19,20). The predicted molar refractivity (Wildman–Crippen MR) is 84.7 cm³/mol. The van der Waals surface area contributed by atoms with E-state index in [0.29, 0.717) is 36.0 Å². The normalized spacial score (nSPS) is 13.2. The first-order valence-corrected chi connectivity index (χ1v) is 7.00. The molecule has 112 valence electrons. The van der Waals surface area contributed by atoms with Gasteiger partial charge >= 0.3 is 0 Å². The van der Waals surface area contributed by atoms with Crippen LogP contribution >= 0.6 is 0 Å². The number of methoxy groups -OCH3 is 1. The van der Waals surface area contributed by atoms with Crippen molar-refractivity contribution in [2.75, 3.05) is 25.6 Å². The summed E-state index contributed by atoms with van der Waals surface area (Å²) in [7, 11) is 1.57. The summed E-state index contributed by atoms with van der Waals surface area (Å²) in [5.41, 5.74) is 2.00. The molecule has 1 aliphatic rings. The largest absolute Gasteiger partial charge is 0.497 e. The van der Waals surface area contributed by atoms with Crippen molar-refractivity contribution < 1.29 is 14.3 Å². The molecule has 0 atom stereocenters. The van der Waals surface area contributed by atoms with Crippen LogP contribution in [0.25, 0.3) is 0 Å². The number of amides is 1. The molecule has 0 aromatic heterocycles. The van der Waals surface area contributed by atoms with Crippen LogP contribution in [0.3, 0.4) is 0 Å². The molecule has 2 aromatic carbocycles. The van der Waals surface area contributed by atoms with E-state index in [9.17, 15) is 4.79 Å². The van der Waals surface area contributed by atoms with Gasteiger partial charge in [-0.05, 0) is 30.3 Å². The average molecular weight is 296 g/mol. The number of aliphatic imine (C=N–C) groups is 1. The number of anilines is 1. The molecule has 0 saturated heterocycles. The molecule has 22 heavy (non-hydrogen) atoms. The third-order valence-corrected chi connectivity index (χ3v) is 3.32. The summed E-state index contributed by atoms with van der Waals surface area (Å²) in [4.78, 5) is 16.7. The number of hydrogen-bond donors (Lipinski definition) is 1. The topological polar surface area (TPSA) is 59.9 Å². The maximum absolute atomic E-state index is 12.4. The Hall–Kier alpha value is -2.82. The van der Waals surface area contributed by atoms with E-state index in [4.69, 9.17) is 9.47 Å². The van der Waals surface area contributed by atoms with Gasteiger partial charge in [-0.25, -0.2) is 4.99 Å². The fraction of sp³-hybridized carbons (Fsp3) is 0.176. The van der Waals surface area contributed by atoms with Crippen molar-refractivity contribution in [3.63, 3.8) is 0 Å². The van der Waals surface area contributed by atoms with Gasteiger partial charge in [0, 0.05) is 5.56 Å². The predicted octanol–water partition coefficient (Wildman–Crippen LogP) is 2.72. The molecule has 0 saturated carbocycles. The number of para-hydroxylation sites is 1. The fourth-order valence-electron chi connectivity index (χ4n) is 2.24. The average Bonchev–Trinajstić information content (AvgIpc) is 3.09. The maximum atomic E-state index is 12.4. The van der Waals surface area contributed by atoms with Gasteiger partial charge < -0.3 is 14.8 Å². The minimum absolute atomic E-state index is 0.204. The van der Waals surface area contributed by atoms with Gasteiger partial charge in [-0.2, -0.15) is 0 Å². The summed E-state index contributed by atoms with van der Waals surface area (Å²) in [5, 5.41) is 2.90. The second-order valence-electron chi connectivity index (χ2n) is 4.77. The summed E-state index contributed by atoms with van der Waals surface area (Å²) in [6, 6.07) is 14.5.